The molecule has 1 unspecified atom stereocenters. The molecule has 4 aromatic rings. The van der Waals surface area contributed by atoms with Gasteiger partial charge in [-0.15, -0.1) is 10.2 Å². The molecule has 2 N–H and O–H groups in total. The lowest BCUT2D eigenvalue weighted by atomic mass is 10.1. The van der Waals surface area contributed by atoms with Gasteiger partial charge >= 0.3 is 0 Å². The highest BCUT2D eigenvalue weighted by atomic mass is 19.1. The Morgan fingerprint density at radius 1 is 1.23 bits per heavy atom. The van der Waals surface area contributed by atoms with Crippen LogP contribution in [-0.4, -0.2) is 42.9 Å². The quantitative estimate of drug-likeness (QED) is 0.528. The number of fused-ring (bicyclic) bond motifs is 2. The molecule has 2 aromatic heterocycles. The molecule has 0 radical (unpaired) electrons. The molecular formula is C21H21FN6O2. The Morgan fingerprint density at radius 2 is 2.07 bits per heavy atom. The lowest BCUT2D eigenvalue weighted by Gasteiger charge is -2.27. The van der Waals surface area contributed by atoms with Crippen molar-refractivity contribution in [1.82, 2.24) is 24.5 Å². The summed E-state index contributed by atoms with van der Waals surface area (Å²) < 4.78 is 22.9. The SMILES string of the molecule is Cc1cc2cnn(CCO)c2cc1Nc1nnc2n1C(c1ccc(F)cc1)COC2. The highest BCUT2D eigenvalue weighted by molar-refractivity contribution is 5.85. The van der Waals surface area contributed by atoms with Crippen LogP contribution in [-0.2, 0) is 17.9 Å². The van der Waals surface area contributed by atoms with Gasteiger partial charge in [0.1, 0.15) is 12.4 Å². The van der Waals surface area contributed by atoms with E-state index in [9.17, 15) is 9.50 Å². The van der Waals surface area contributed by atoms with Crippen LogP contribution in [0.5, 0.6) is 0 Å². The maximum Gasteiger partial charge on any atom is 0.229 e. The number of nitrogens with one attached hydrogen (secondary N) is 1. The van der Waals surface area contributed by atoms with Crippen LogP contribution in [0.2, 0.25) is 0 Å². The molecule has 2 aromatic carbocycles. The molecule has 5 rings (SSSR count). The number of benzene rings is 2. The van der Waals surface area contributed by atoms with Gasteiger partial charge in [-0.1, -0.05) is 12.1 Å². The summed E-state index contributed by atoms with van der Waals surface area (Å²) in [7, 11) is 0. The summed E-state index contributed by atoms with van der Waals surface area (Å²) in [5.41, 5.74) is 3.76. The Bertz CT molecular complexity index is 1200. The van der Waals surface area contributed by atoms with Gasteiger partial charge in [-0.2, -0.15) is 5.10 Å². The molecule has 30 heavy (non-hydrogen) atoms. The molecule has 8 nitrogen and oxygen atoms in total. The Labute approximate surface area is 171 Å². The number of nitrogens with zero attached hydrogens (tertiary/aromatic N) is 5. The van der Waals surface area contributed by atoms with Crippen LogP contribution in [0.25, 0.3) is 10.9 Å². The number of rotatable bonds is 5. The van der Waals surface area contributed by atoms with Crippen LogP contribution in [0.3, 0.4) is 0 Å². The van der Waals surface area contributed by atoms with Crippen molar-refractivity contribution in [3.05, 3.63) is 65.4 Å². The highest BCUT2D eigenvalue weighted by Crippen LogP contribution is 2.31. The normalized spacial score (nSPS) is 16.0. The van der Waals surface area contributed by atoms with Crippen LogP contribution >= 0.6 is 0 Å². The van der Waals surface area contributed by atoms with Crippen LogP contribution in [0.1, 0.15) is 23.0 Å². The van der Waals surface area contributed by atoms with Crippen LogP contribution in [0.15, 0.2) is 42.6 Å². The van der Waals surface area contributed by atoms with E-state index in [-0.39, 0.29) is 18.5 Å². The number of aliphatic hydroxyl groups is 1. The van der Waals surface area contributed by atoms with Crippen molar-refractivity contribution in [1.29, 1.82) is 0 Å². The molecular weight excluding hydrogens is 387 g/mol. The number of hydrogen-bond acceptors (Lipinski definition) is 6. The standard InChI is InChI=1S/C21H21FN6O2/c1-13-8-15-10-23-27(6-7-29)18(15)9-17(13)24-21-26-25-20-12-30-11-19(28(20)21)14-2-4-16(22)5-3-14/h2-5,8-10,19,29H,6-7,11-12H2,1H3,(H,24,26). The van der Waals surface area contributed by atoms with Crippen LogP contribution < -0.4 is 5.32 Å². The maximum atomic E-state index is 13.4. The first kappa shape index (κ1) is 18.7. The van der Waals surface area contributed by atoms with E-state index in [0.717, 1.165) is 27.7 Å². The maximum absolute atomic E-state index is 13.4. The van der Waals surface area contributed by atoms with Gasteiger partial charge < -0.3 is 15.2 Å². The fourth-order valence-electron chi connectivity index (χ4n) is 3.87. The summed E-state index contributed by atoms with van der Waals surface area (Å²) in [5.74, 6) is 1.03. The molecule has 0 spiro atoms. The average molecular weight is 408 g/mol. The molecule has 0 saturated carbocycles. The molecule has 0 aliphatic carbocycles. The van der Waals surface area contributed by atoms with Crippen LogP contribution in [0, 0.1) is 12.7 Å². The monoisotopic (exact) mass is 408 g/mol. The third-order valence-electron chi connectivity index (χ3n) is 5.39. The van der Waals surface area contributed by atoms with Crippen molar-refractivity contribution in [2.24, 2.45) is 0 Å². The van der Waals surface area contributed by atoms with Gasteiger partial charge in [0.25, 0.3) is 0 Å². The number of anilines is 2. The van der Waals surface area contributed by atoms with Gasteiger partial charge in [0.2, 0.25) is 5.95 Å². The van der Waals surface area contributed by atoms with Gasteiger partial charge in [0.05, 0.1) is 37.5 Å². The molecule has 1 atom stereocenters. The molecule has 0 amide bonds. The summed E-state index contributed by atoms with van der Waals surface area (Å²) in [5, 5.41) is 26.6. The van der Waals surface area contributed by atoms with Crippen molar-refractivity contribution in [3.63, 3.8) is 0 Å². The first-order valence-corrected chi connectivity index (χ1v) is 9.75. The predicted molar refractivity (Wildman–Crippen MR) is 109 cm³/mol. The number of aromatic nitrogens is 5. The van der Waals surface area contributed by atoms with E-state index in [2.05, 4.69) is 20.6 Å². The van der Waals surface area contributed by atoms with Crippen LogP contribution in [0.4, 0.5) is 16.0 Å². The Hall–Kier alpha value is -3.30. The van der Waals surface area contributed by atoms with Gasteiger partial charge in [-0.25, -0.2) is 4.39 Å². The van der Waals surface area contributed by atoms with Gasteiger partial charge in [0, 0.05) is 11.1 Å². The van der Waals surface area contributed by atoms with Gasteiger partial charge in [-0.3, -0.25) is 9.25 Å². The summed E-state index contributed by atoms with van der Waals surface area (Å²) in [6.45, 7) is 3.28. The molecule has 0 saturated heterocycles. The Kier molecular flexibility index (Phi) is 4.68. The second-order valence-corrected chi connectivity index (χ2v) is 7.33. The minimum atomic E-state index is -0.277. The molecule has 1 aliphatic rings. The zero-order valence-electron chi connectivity index (χ0n) is 16.4. The third kappa shape index (κ3) is 3.21. The van der Waals surface area contributed by atoms with Crippen molar-refractivity contribution < 1.29 is 14.2 Å². The second-order valence-electron chi connectivity index (χ2n) is 7.33. The van der Waals surface area contributed by atoms with E-state index >= 15 is 0 Å². The van der Waals surface area contributed by atoms with E-state index in [1.54, 1.807) is 23.0 Å². The van der Waals surface area contributed by atoms with Crippen molar-refractivity contribution in [3.8, 4) is 0 Å². The molecule has 9 heteroatoms. The first-order valence-electron chi connectivity index (χ1n) is 9.75. The smallest absolute Gasteiger partial charge is 0.229 e. The topological polar surface area (TPSA) is 90.0 Å². The number of aryl methyl sites for hydroxylation is 1. The lowest BCUT2D eigenvalue weighted by molar-refractivity contribution is 0.0670. The minimum Gasteiger partial charge on any atom is -0.394 e. The van der Waals surface area contributed by atoms with E-state index in [1.165, 1.54) is 12.1 Å². The molecule has 154 valence electrons. The fourth-order valence-corrected chi connectivity index (χ4v) is 3.87. The fraction of sp³-hybridized carbons (Fsp3) is 0.286. The number of hydrogen-bond donors (Lipinski definition) is 2. The van der Waals surface area contributed by atoms with Crippen molar-refractivity contribution in [2.45, 2.75) is 26.1 Å². The van der Waals surface area contributed by atoms with Gasteiger partial charge in [-0.05, 0) is 42.3 Å². The number of aliphatic hydroxyl groups excluding tert-OH is 1. The molecule has 3 heterocycles. The Morgan fingerprint density at radius 3 is 2.87 bits per heavy atom. The molecule has 1 aliphatic heterocycles. The van der Waals surface area contributed by atoms with E-state index in [4.69, 9.17) is 4.74 Å². The highest BCUT2D eigenvalue weighted by Gasteiger charge is 2.27. The van der Waals surface area contributed by atoms with E-state index < -0.39 is 0 Å². The second kappa shape index (κ2) is 7.51. The lowest BCUT2D eigenvalue weighted by Crippen LogP contribution is -2.25. The summed E-state index contributed by atoms with van der Waals surface area (Å²) in [4.78, 5) is 0. The van der Waals surface area contributed by atoms with Crippen molar-refractivity contribution >= 4 is 22.5 Å². The third-order valence-corrected chi connectivity index (χ3v) is 5.39. The number of halogens is 1. The zero-order valence-corrected chi connectivity index (χ0v) is 16.4. The summed E-state index contributed by atoms with van der Waals surface area (Å²) in [6.07, 6.45) is 1.79. The molecule has 0 bridgehead atoms. The summed E-state index contributed by atoms with van der Waals surface area (Å²) >= 11 is 0. The Balaban J connectivity index is 1.54. The minimum absolute atomic E-state index is 0.0183. The first-order chi connectivity index (χ1) is 14.6. The summed E-state index contributed by atoms with van der Waals surface area (Å²) in [6, 6.07) is 10.3. The molecule has 0 fully saturated rings. The van der Waals surface area contributed by atoms with Gasteiger partial charge in [0.15, 0.2) is 5.82 Å². The predicted octanol–water partition coefficient (Wildman–Crippen LogP) is 2.93. The van der Waals surface area contributed by atoms with E-state index in [0.29, 0.717) is 31.5 Å². The van der Waals surface area contributed by atoms with E-state index in [1.807, 2.05) is 23.6 Å². The number of ether oxygens (including phenoxy) is 1. The average Bonchev–Trinajstić information content (AvgIpc) is 3.33. The van der Waals surface area contributed by atoms with Crippen molar-refractivity contribution in [2.75, 3.05) is 18.5 Å². The largest absolute Gasteiger partial charge is 0.394 e. The zero-order chi connectivity index (χ0) is 20.7.